The smallest absolute Gasteiger partial charge is 0.204 e. The van der Waals surface area contributed by atoms with Crippen LogP contribution in [-0.4, -0.2) is 26.4 Å². The van der Waals surface area contributed by atoms with Gasteiger partial charge in [0.1, 0.15) is 5.78 Å². The summed E-state index contributed by atoms with van der Waals surface area (Å²) >= 11 is 0. The third-order valence-electron chi connectivity index (χ3n) is 4.58. The number of imidazole rings is 1. The lowest BCUT2D eigenvalue weighted by molar-refractivity contribution is -0.120. The summed E-state index contributed by atoms with van der Waals surface area (Å²) in [7, 11) is 0. The summed E-state index contributed by atoms with van der Waals surface area (Å²) in [6.07, 6.45) is 4.90. The molecule has 0 saturated heterocycles. The Labute approximate surface area is 140 Å². The molecule has 1 aliphatic carbocycles. The number of nitrogens with one attached hydrogen (secondary N) is 1. The van der Waals surface area contributed by atoms with Crippen molar-refractivity contribution in [1.29, 1.82) is 0 Å². The summed E-state index contributed by atoms with van der Waals surface area (Å²) in [5, 5.41) is 3.55. The minimum Gasteiger partial charge on any atom is -0.353 e. The number of benzene rings is 1. The zero-order valence-corrected chi connectivity index (χ0v) is 13.5. The van der Waals surface area contributed by atoms with E-state index in [9.17, 15) is 4.79 Å². The van der Waals surface area contributed by atoms with Gasteiger partial charge in [-0.1, -0.05) is 18.2 Å². The number of Topliss-reactive ketones (excluding diaryl/α,β-unsaturated/α-hetero) is 1. The molecule has 2 aromatic heterocycles. The first-order valence-corrected chi connectivity index (χ1v) is 8.43. The molecule has 4 rings (SSSR count). The van der Waals surface area contributed by atoms with Gasteiger partial charge in [0, 0.05) is 25.1 Å². The van der Waals surface area contributed by atoms with E-state index in [2.05, 4.69) is 20.9 Å². The Morgan fingerprint density at radius 3 is 2.67 bits per heavy atom. The summed E-state index contributed by atoms with van der Waals surface area (Å²) in [5.74, 6) is 1.23. The highest BCUT2D eigenvalue weighted by molar-refractivity contribution is 5.80. The molecule has 0 amide bonds. The summed E-state index contributed by atoms with van der Waals surface area (Å²) in [5.41, 5.74) is 3.07. The van der Waals surface area contributed by atoms with Crippen molar-refractivity contribution in [2.75, 3.05) is 5.32 Å². The first kappa shape index (κ1) is 14.9. The summed E-state index contributed by atoms with van der Waals surface area (Å²) < 4.78 is 2.17. The van der Waals surface area contributed by atoms with Crippen LogP contribution in [0.25, 0.3) is 11.0 Å². The average molecular weight is 320 g/mol. The van der Waals surface area contributed by atoms with E-state index in [0.717, 1.165) is 35.5 Å². The van der Waals surface area contributed by atoms with Crippen molar-refractivity contribution in [1.82, 2.24) is 14.5 Å². The van der Waals surface area contributed by atoms with Gasteiger partial charge in [-0.3, -0.25) is 9.78 Å². The van der Waals surface area contributed by atoms with Gasteiger partial charge in [0.15, 0.2) is 0 Å². The molecule has 0 unspecified atom stereocenters. The number of para-hydroxylation sites is 2. The van der Waals surface area contributed by atoms with E-state index in [0.29, 0.717) is 31.2 Å². The fraction of sp³-hybridized carbons (Fsp3) is 0.316. The third-order valence-corrected chi connectivity index (χ3v) is 4.58. The number of nitrogens with zero attached hydrogens (tertiary/aromatic N) is 3. The molecule has 0 atom stereocenters. The molecule has 0 bridgehead atoms. The van der Waals surface area contributed by atoms with Gasteiger partial charge in [0.2, 0.25) is 5.95 Å². The molecule has 1 fully saturated rings. The number of rotatable bonds is 4. The van der Waals surface area contributed by atoms with Crippen LogP contribution in [-0.2, 0) is 11.3 Å². The average Bonchev–Trinajstić information content (AvgIpc) is 2.95. The standard InChI is InChI=1S/C19H20N4O/c24-16-10-8-14(9-11-16)21-19-22-17-6-1-2-7-18(17)23(19)13-15-5-3-4-12-20-15/h1-7,12,14H,8-11,13H2,(H,21,22). The van der Waals surface area contributed by atoms with Gasteiger partial charge < -0.3 is 9.88 Å². The quantitative estimate of drug-likeness (QED) is 0.800. The van der Waals surface area contributed by atoms with E-state index >= 15 is 0 Å². The molecule has 1 aliphatic rings. The maximum atomic E-state index is 11.5. The van der Waals surface area contributed by atoms with Crippen molar-refractivity contribution >= 4 is 22.8 Å². The predicted octanol–water partition coefficient (Wildman–Crippen LogP) is 3.40. The van der Waals surface area contributed by atoms with E-state index < -0.39 is 0 Å². The van der Waals surface area contributed by atoms with E-state index in [1.54, 1.807) is 0 Å². The SMILES string of the molecule is O=C1CCC(Nc2nc3ccccc3n2Cc2ccccn2)CC1. The van der Waals surface area contributed by atoms with Gasteiger partial charge in [-0.15, -0.1) is 0 Å². The molecule has 0 aliphatic heterocycles. The Kier molecular flexibility index (Phi) is 3.99. The Balaban J connectivity index is 1.66. The highest BCUT2D eigenvalue weighted by Gasteiger charge is 2.21. The van der Waals surface area contributed by atoms with Crippen molar-refractivity contribution in [2.45, 2.75) is 38.3 Å². The molecule has 3 aromatic rings. The van der Waals surface area contributed by atoms with E-state index in [1.807, 2.05) is 42.6 Å². The first-order valence-electron chi connectivity index (χ1n) is 8.43. The normalized spacial score (nSPS) is 15.8. The number of aromatic nitrogens is 3. The van der Waals surface area contributed by atoms with E-state index in [4.69, 9.17) is 4.98 Å². The van der Waals surface area contributed by atoms with Gasteiger partial charge in [0.25, 0.3) is 0 Å². The van der Waals surface area contributed by atoms with Crippen molar-refractivity contribution in [3.63, 3.8) is 0 Å². The van der Waals surface area contributed by atoms with Gasteiger partial charge >= 0.3 is 0 Å². The van der Waals surface area contributed by atoms with Gasteiger partial charge in [-0.2, -0.15) is 0 Å². The van der Waals surface area contributed by atoms with E-state index in [1.165, 1.54) is 0 Å². The van der Waals surface area contributed by atoms with Crippen LogP contribution in [0.4, 0.5) is 5.95 Å². The summed E-state index contributed by atoms with van der Waals surface area (Å²) in [4.78, 5) is 20.7. The number of carbonyl (C=O) groups is 1. The van der Waals surface area contributed by atoms with Gasteiger partial charge in [-0.05, 0) is 37.1 Å². The molecular formula is C19H20N4O. The molecule has 122 valence electrons. The molecule has 0 spiro atoms. The second-order valence-electron chi connectivity index (χ2n) is 6.29. The molecule has 1 saturated carbocycles. The Morgan fingerprint density at radius 1 is 1.08 bits per heavy atom. The number of ketones is 1. The van der Waals surface area contributed by atoms with Crippen LogP contribution in [0.5, 0.6) is 0 Å². The topological polar surface area (TPSA) is 59.8 Å². The van der Waals surface area contributed by atoms with Crippen molar-refractivity contribution < 1.29 is 4.79 Å². The van der Waals surface area contributed by atoms with Crippen molar-refractivity contribution in [3.8, 4) is 0 Å². The Bertz CT molecular complexity index is 846. The first-order chi connectivity index (χ1) is 11.8. The number of hydrogen-bond acceptors (Lipinski definition) is 4. The summed E-state index contributed by atoms with van der Waals surface area (Å²) in [6, 6.07) is 14.4. The molecule has 5 heteroatoms. The largest absolute Gasteiger partial charge is 0.353 e. The Hall–Kier alpha value is -2.69. The second kappa shape index (κ2) is 6.43. The molecule has 0 radical (unpaired) electrons. The van der Waals surface area contributed by atoms with Crippen LogP contribution in [0.3, 0.4) is 0 Å². The lowest BCUT2D eigenvalue weighted by Gasteiger charge is -2.23. The van der Waals surface area contributed by atoms with E-state index in [-0.39, 0.29) is 0 Å². The van der Waals surface area contributed by atoms with Crippen LogP contribution in [0.1, 0.15) is 31.4 Å². The molecular weight excluding hydrogens is 300 g/mol. The third kappa shape index (κ3) is 3.02. The Morgan fingerprint density at radius 2 is 1.88 bits per heavy atom. The van der Waals surface area contributed by atoms with Crippen LogP contribution in [0.2, 0.25) is 0 Å². The zero-order chi connectivity index (χ0) is 16.4. The lowest BCUT2D eigenvalue weighted by Crippen LogP contribution is -2.27. The van der Waals surface area contributed by atoms with Gasteiger partial charge in [0.05, 0.1) is 23.3 Å². The highest BCUT2D eigenvalue weighted by Crippen LogP contribution is 2.24. The van der Waals surface area contributed by atoms with Crippen LogP contribution in [0, 0.1) is 0 Å². The molecule has 24 heavy (non-hydrogen) atoms. The van der Waals surface area contributed by atoms with Gasteiger partial charge in [-0.25, -0.2) is 4.98 Å². The number of anilines is 1. The fourth-order valence-electron chi connectivity index (χ4n) is 3.27. The fourth-order valence-corrected chi connectivity index (χ4v) is 3.27. The number of pyridine rings is 1. The number of fused-ring (bicyclic) bond motifs is 1. The maximum absolute atomic E-state index is 11.5. The zero-order valence-electron chi connectivity index (χ0n) is 13.5. The minimum atomic E-state index is 0.307. The molecule has 5 nitrogen and oxygen atoms in total. The molecule has 1 aromatic carbocycles. The van der Waals surface area contributed by atoms with Crippen LogP contribution < -0.4 is 5.32 Å². The lowest BCUT2D eigenvalue weighted by atomic mass is 9.94. The second-order valence-corrected chi connectivity index (χ2v) is 6.29. The maximum Gasteiger partial charge on any atom is 0.204 e. The number of carbonyl (C=O) groups excluding carboxylic acids is 1. The minimum absolute atomic E-state index is 0.307. The van der Waals surface area contributed by atoms with Crippen molar-refractivity contribution in [3.05, 3.63) is 54.4 Å². The number of hydrogen-bond donors (Lipinski definition) is 1. The highest BCUT2D eigenvalue weighted by atomic mass is 16.1. The molecule has 2 heterocycles. The van der Waals surface area contributed by atoms with Crippen molar-refractivity contribution in [2.24, 2.45) is 0 Å². The molecule has 1 N–H and O–H groups in total. The predicted molar refractivity (Wildman–Crippen MR) is 94.0 cm³/mol. The van der Waals surface area contributed by atoms with Crippen LogP contribution >= 0.6 is 0 Å². The monoisotopic (exact) mass is 320 g/mol. The van der Waals surface area contributed by atoms with Crippen LogP contribution in [0.15, 0.2) is 48.7 Å². The summed E-state index contributed by atoms with van der Waals surface area (Å²) in [6.45, 7) is 0.676.